The molecule has 0 heterocycles. The lowest BCUT2D eigenvalue weighted by Crippen LogP contribution is -2.15. The van der Waals surface area contributed by atoms with Crippen LogP contribution in [0.1, 0.15) is 15.9 Å². The number of halogens is 3. The average molecular weight is 475 g/mol. The lowest BCUT2D eigenvalue weighted by molar-refractivity contribution is -0.384. The van der Waals surface area contributed by atoms with Crippen molar-refractivity contribution in [2.75, 3.05) is 16.4 Å². The van der Waals surface area contributed by atoms with E-state index in [0.717, 1.165) is 30.0 Å². The first kappa shape index (κ1) is 23.8. The summed E-state index contributed by atoms with van der Waals surface area (Å²) in [6.45, 7) is 0. The smallest absolute Gasteiger partial charge is 0.325 e. The van der Waals surface area contributed by atoms with Gasteiger partial charge in [0.1, 0.15) is 0 Å². The van der Waals surface area contributed by atoms with Crippen LogP contribution >= 0.6 is 11.8 Å². The summed E-state index contributed by atoms with van der Waals surface area (Å²) in [6.07, 6.45) is -4.51. The van der Waals surface area contributed by atoms with E-state index in [-0.39, 0.29) is 22.7 Å². The minimum atomic E-state index is -4.51. The average Bonchev–Trinajstić information content (AvgIpc) is 2.77. The zero-order chi connectivity index (χ0) is 24.0. The number of nitro groups is 1. The molecule has 0 aromatic heterocycles. The van der Waals surface area contributed by atoms with Crippen molar-refractivity contribution in [2.45, 2.75) is 11.1 Å². The summed E-state index contributed by atoms with van der Waals surface area (Å²) in [4.78, 5) is 35.4. The van der Waals surface area contributed by atoms with Crippen molar-refractivity contribution in [2.24, 2.45) is 0 Å². The minimum absolute atomic E-state index is 0.0355. The van der Waals surface area contributed by atoms with Crippen molar-refractivity contribution in [3.05, 3.63) is 94.0 Å². The van der Waals surface area contributed by atoms with Gasteiger partial charge in [0.15, 0.2) is 0 Å². The Morgan fingerprint density at radius 3 is 2.27 bits per heavy atom. The molecule has 3 rings (SSSR count). The van der Waals surface area contributed by atoms with Crippen molar-refractivity contribution >= 4 is 40.6 Å². The van der Waals surface area contributed by atoms with Crippen molar-refractivity contribution in [3.8, 4) is 0 Å². The number of carbonyl (C=O) groups excluding carboxylic acids is 2. The lowest BCUT2D eigenvalue weighted by atomic mass is 10.2. The zero-order valence-electron chi connectivity index (χ0n) is 16.8. The molecule has 0 unspecified atom stereocenters. The van der Waals surface area contributed by atoms with E-state index in [1.54, 1.807) is 24.3 Å². The number of nitrogens with one attached hydrogen (secondary N) is 2. The molecule has 7 nitrogen and oxygen atoms in total. The third-order valence-corrected chi connectivity index (χ3v) is 5.25. The number of rotatable bonds is 7. The number of hydrogen-bond acceptors (Lipinski definition) is 5. The van der Waals surface area contributed by atoms with Gasteiger partial charge in [-0.05, 0) is 42.5 Å². The van der Waals surface area contributed by atoms with E-state index in [2.05, 4.69) is 10.6 Å². The summed E-state index contributed by atoms with van der Waals surface area (Å²) in [6, 6.07) is 16.2. The summed E-state index contributed by atoms with van der Waals surface area (Å²) in [5.74, 6) is -1.10. The molecular formula is C22H16F3N3O4S. The number of amides is 2. The fraction of sp³-hybridized carbons (Fsp3) is 0.0909. The van der Waals surface area contributed by atoms with Crippen LogP contribution in [0.2, 0.25) is 0 Å². The summed E-state index contributed by atoms with van der Waals surface area (Å²) in [5, 5.41) is 15.9. The Morgan fingerprint density at radius 2 is 1.58 bits per heavy atom. The Kier molecular flexibility index (Phi) is 7.34. The highest BCUT2D eigenvalue weighted by atomic mass is 32.2. The molecular weight excluding hydrogens is 459 g/mol. The Balaban J connectivity index is 1.59. The Labute approximate surface area is 190 Å². The number of alkyl halides is 3. The van der Waals surface area contributed by atoms with Crippen LogP contribution in [0, 0.1) is 10.1 Å². The Morgan fingerprint density at radius 1 is 0.909 bits per heavy atom. The van der Waals surface area contributed by atoms with Crippen LogP contribution in [-0.4, -0.2) is 22.5 Å². The van der Waals surface area contributed by atoms with E-state index >= 15 is 0 Å². The van der Waals surface area contributed by atoms with E-state index in [9.17, 15) is 32.9 Å². The highest BCUT2D eigenvalue weighted by Crippen LogP contribution is 2.31. The molecule has 33 heavy (non-hydrogen) atoms. The van der Waals surface area contributed by atoms with E-state index < -0.39 is 28.5 Å². The van der Waals surface area contributed by atoms with Gasteiger partial charge in [-0.2, -0.15) is 13.2 Å². The number of non-ortho nitro benzene ring substituents is 1. The second kappa shape index (κ2) is 10.2. The highest BCUT2D eigenvalue weighted by Gasteiger charge is 2.30. The monoisotopic (exact) mass is 475 g/mol. The number of benzene rings is 3. The SMILES string of the molecule is O=C(CSc1cccc(NC(=O)c2cccc([N+](=O)[O-])c2)c1)Nc1cccc(C(F)(F)F)c1. The molecule has 0 saturated carbocycles. The van der Waals surface area contributed by atoms with E-state index in [0.29, 0.717) is 10.6 Å². The Hall–Kier alpha value is -3.86. The molecule has 0 aliphatic heterocycles. The van der Waals surface area contributed by atoms with Gasteiger partial charge in [-0.25, -0.2) is 0 Å². The second-order valence-corrected chi connectivity index (χ2v) is 7.75. The molecule has 0 spiro atoms. The normalized spacial score (nSPS) is 11.0. The van der Waals surface area contributed by atoms with Crippen LogP contribution in [0.15, 0.2) is 77.7 Å². The van der Waals surface area contributed by atoms with E-state index in [1.807, 2.05) is 0 Å². The molecule has 0 aliphatic carbocycles. The van der Waals surface area contributed by atoms with Crippen LogP contribution in [0.5, 0.6) is 0 Å². The first-order valence-corrected chi connectivity index (χ1v) is 10.4. The van der Waals surface area contributed by atoms with Crippen LogP contribution in [-0.2, 0) is 11.0 Å². The topological polar surface area (TPSA) is 101 Å². The molecule has 3 aromatic rings. The number of nitrogens with zero attached hydrogens (tertiary/aromatic N) is 1. The maximum atomic E-state index is 12.8. The molecule has 0 saturated heterocycles. The van der Waals surface area contributed by atoms with Gasteiger partial charge in [0.25, 0.3) is 11.6 Å². The van der Waals surface area contributed by atoms with E-state index in [4.69, 9.17) is 0 Å². The highest BCUT2D eigenvalue weighted by molar-refractivity contribution is 8.00. The third-order valence-electron chi connectivity index (χ3n) is 4.25. The number of nitro benzene ring substituents is 1. The maximum absolute atomic E-state index is 12.8. The minimum Gasteiger partial charge on any atom is -0.325 e. The first-order chi connectivity index (χ1) is 15.6. The van der Waals surface area contributed by atoms with Gasteiger partial charge >= 0.3 is 6.18 Å². The van der Waals surface area contributed by atoms with Crippen LogP contribution in [0.4, 0.5) is 30.2 Å². The molecule has 0 fully saturated rings. The standard InChI is InChI=1S/C22H16F3N3O4S/c23-22(24,25)15-5-2-6-16(11-15)26-20(29)13-33-19-9-3-7-17(12-19)27-21(30)14-4-1-8-18(10-14)28(31)32/h1-12H,13H2,(H,26,29)(H,27,30). The van der Waals surface area contributed by atoms with Gasteiger partial charge < -0.3 is 10.6 Å². The van der Waals surface area contributed by atoms with Gasteiger partial charge in [-0.1, -0.05) is 18.2 Å². The number of thioether (sulfide) groups is 1. The van der Waals surface area contributed by atoms with Gasteiger partial charge in [-0.15, -0.1) is 11.8 Å². The quantitative estimate of drug-likeness (QED) is 0.263. The van der Waals surface area contributed by atoms with Crippen molar-refractivity contribution < 1.29 is 27.7 Å². The lowest BCUT2D eigenvalue weighted by Gasteiger charge is -2.10. The molecule has 2 amide bonds. The predicted octanol–water partition coefficient (Wildman–Crippen LogP) is 5.60. The largest absolute Gasteiger partial charge is 0.416 e. The first-order valence-electron chi connectivity index (χ1n) is 9.37. The summed E-state index contributed by atoms with van der Waals surface area (Å²) in [7, 11) is 0. The Bertz CT molecular complexity index is 1200. The molecule has 0 radical (unpaired) electrons. The van der Waals surface area contributed by atoms with Crippen molar-refractivity contribution in [3.63, 3.8) is 0 Å². The van der Waals surface area contributed by atoms with Gasteiger partial charge in [0, 0.05) is 34.0 Å². The molecule has 0 bridgehead atoms. The van der Waals surface area contributed by atoms with Crippen LogP contribution < -0.4 is 10.6 Å². The maximum Gasteiger partial charge on any atom is 0.416 e. The predicted molar refractivity (Wildman–Crippen MR) is 118 cm³/mol. The van der Waals surface area contributed by atoms with Gasteiger partial charge in [0.2, 0.25) is 5.91 Å². The van der Waals surface area contributed by atoms with Crippen molar-refractivity contribution in [1.82, 2.24) is 0 Å². The van der Waals surface area contributed by atoms with Crippen LogP contribution in [0.3, 0.4) is 0 Å². The number of hydrogen-bond donors (Lipinski definition) is 2. The molecule has 3 aromatic carbocycles. The fourth-order valence-electron chi connectivity index (χ4n) is 2.75. The van der Waals surface area contributed by atoms with E-state index in [1.165, 1.54) is 30.3 Å². The van der Waals surface area contributed by atoms with Gasteiger partial charge in [0.05, 0.1) is 16.2 Å². The number of anilines is 2. The molecule has 0 aliphatic rings. The second-order valence-electron chi connectivity index (χ2n) is 6.70. The van der Waals surface area contributed by atoms with Crippen LogP contribution in [0.25, 0.3) is 0 Å². The number of carbonyl (C=O) groups is 2. The van der Waals surface area contributed by atoms with Gasteiger partial charge in [-0.3, -0.25) is 19.7 Å². The summed E-state index contributed by atoms with van der Waals surface area (Å²) >= 11 is 1.13. The van der Waals surface area contributed by atoms with Crippen molar-refractivity contribution in [1.29, 1.82) is 0 Å². The third kappa shape index (κ3) is 6.81. The molecule has 170 valence electrons. The summed E-state index contributed by atoms with van der Waals surface area (Å²) < 4.78 is 38.4. The molecule has 2 N–H and O–H groups in total. The molecule has 11 heteroatoms. The summed E-state index contributed by atoms with van der Waals surface area (Å²) in [5.41, 5.74) is -0.509. The molecule has 0 atom stereocenters. The fourth-order valence-corrected chi connectivity index (χ4v) is 3.50. The zero-order valence-corrected chi connectivity index (χ0v) is 17.6.